The van der Waals surface area contributed by atoms with Gasteiger partial charge in [-0.15, -0.1) is 11.3 Å². The third-order valence-electron chi connectivity index (χ3n) is 4.77. The van der Waals surface area contributed by atoms with Gasteiger partial charge in [0, 0.05) is 10.6 Å². The van der Waals surface area contributed by atoms with E-state index in [2.05, 4.69) is 17.6 Å². The van der Waals surface area contributed by atoms with Gasteiger partial charge in [-0.1, -0.05) is 61.5 Å². The minimum absolute atomic E-state index is 0.124. The Morgan fingerprint density at radius 3 is 2.33 bits per heavy atom. The molecule has 0 fully saturated rings. The van der Waals surface area contributed by atoms with Gasteiger partial charge in [-0.2, -0.15) is 0 Å². The maximum atomic E-state index is 12.7. The van der Waals surface area contributed by atoms with Crippen LogP contribution in [0.1, 0.15) is 29.0 Å². The second-order valence-corrected chi connectivity index (χ2v) is 8.14. The van der Waals surface area contributed by atoms with Crippen molar-refractivity contribution in [1.82, 2.24) is 10.2 Å². The number of aryl methyl sites for hydroxylation is 1. The van der Waals surface area contributed by atoms with Crippen LogP contribution >= 0.6 is 11.3 Å². The van der Waals surface area contributed by atoms with Crippen LogP contribution < -0.4 is 10.6 Å². The number of nitrogens with one attached hydrogen (secondary N) is 2. The average molecular weight is 422 g/mol. The minimum atomic E-state index is -0.197. The van der Waals surface area contributed by atoms with E-state index in [-0.39, 0.29) is 30.9 Å². The highest BCUT2D eigenvalue weighted by Gasteiger charge is 2.19. The van der Waals surface area contributed by atoms with E-state index in [1.165, 1.54) is 0 Å². The standard InChI is InChI=1S/C24H27N3O2S/c1-3-18-10-7-8-13-20(18)25-22(28)16-27(2)17-23(29)26-24(21-14-9-15-30-21)19-11-5-4-6-12-19/h4-15,24H,3,16-17H2,1-2H3,(H,25,28)(H,26,29)/t24-/m0/s1. The summed E-state index contributed by atoms with van der Waals surface area (Å²) in [6.45, 7) is 2.33. The summed E-state index contributed by atoms with van der Waals surface area (Å²) in [5.41, 5.74) is 2.95. The summed E-state index contributed by atoms with van der Waals surface area (Å²) in [5, 5.41) is 8.05. The van der Waals surface area contributed by atoms with Crippen LogP contribution in [0.3, 0.4) is 0 Å². The molecule has 0 saturated heterocycles. The van der Waals surface area contributed by atoms with Gasteiger partial charge < -0.3 is 10.6 Å². The van der Waals surface area contributed by atoms with Crippen molar-refractivity contribution in [2.75, 3.05) is 25.5 Å². The van der Waals surface area contributed by atoms with Crippen molar-refractivity contribution < 1.29 is 9.59 Å². The maximum absolute atomic E-state index is 12.7. The van der Waals surface area contributed by atoms with Crippen molar-refractivity contribution in [3.8, 4) is 0 Å². The Morgan fingerprint density at radius 1 is 0.933 bits per heavy atom. The summed E-state index contributed by atoms with van der Waals surface area (Å²) < 4.78 is 0. The van der Waals surface area contributed by atoms with E-state index in [1.54, 1.807) is 23.3 Å². The monoisotopic (exact) mass is 421 g/mol. The Hall–Kier alpha value is -2.96. The second-order valence-electron chi connectivity index (χ2n) is 7.16. The summed E-state index contributed by atoms with van der Waals surface area (Å²) >= 11 is 1.61. The molecule has 2 N–H and O–H groups in total. The number of hydrogen-bond donors (Lipinski definition) is 2. The lowest BCUT2D eigenvalue weighted by Gasteiger charge is -2.21. The first-order chi connectivity index (χ1) is 14.6. The van der Waals surface area contributed by atoms with Crippen molar-refractivity contribution in [3.05, 3.63) is 88.1 Å². The number of thiophene rings is 1. The number of amides is 2. The number of carbonyl (C=O) groups is 2. The molecule has 2 amide bonds. The van der Waals surface area contributed by atoms with Gasteiger partial charge in [0.05, 0.1) is 19.1 Å². The third kappa shape index (κ3) is 6.02. The first kappa shape index (κ1) is 21.7. The van der Waals surface area contributed by atoms with Crippen LogP contribution in [-0.4, -0.2) is 36.9 Å². The number of anilines is 1. The van der Waals surface area contributed by atoms with E-state index >= 15 is 0 Å². The normalized spacial score (nSPS) is 11.8. The predicted molar refractivity (Wildman–Crippen MR) is 123 cm³/mol. The lowest BCUT2D eigenvalue weighted by Crippen LogP contribution is -2.40. The fraction of sp³-hybridized carbons (Fsp3) is 0.250. The van der Waals surface area contributed by atoms with Crippen LogP contribution in [0.4, 0.5) is 5.69 Å². The van der Waals surface area contributed by atoms with E-state index in [0.717, 1.165) is 28.1 Å². The smallest absolute Gasteiger partial charge is 0.238 e. The number of para-hydroxylation sites is 1. The number of hydrogen-bond acceptors (Lipinski definition) is 4. The number of rotatable bonds is 9. The van der Waals surface area contributed by atoms with Crippen LogP contribution in [0.25, 0.3) is 0 Å². The van der Waals surface area contributed by atoms with Crippen molar-refractivity contribution >= 4 is 28.8 Å². The lowest BCUT2D eigenvalue weighted by atomic mass is 10.1. The molecule has 0 unspecified atom stereocenters. The first-order valence-electron chi connectivity index (χ1n) is 10.0. The Bertz CT molecular complexity index is 958. The predicted octanol–water partition coefficient (Wildman–Crippen LogP) is 4.09. The van der Waals surface area contributed by atoms with E-state index in [0.29, 0.717) is 0 Å². The third-order valence-corrected chi connectivity index (χ3v) is 5.70. The van der Waals surface area contributed by atoms with Crippen LogP contribution in [0.15, 0.2) is 72.1 Å². The molecule has 1 aromatic heterocycles. The molecular weight excluding hydrogens is 394 g/mol. The molecule has 0 saturated carbocycles. The van der Waals surface area contributed by atoms with Crippen LogP contribution in [0, 0.1) is 0 Å². The molecule has 0 aliphatic heterocycles. The lowest BCUT2D eigenvalue weighted by molar-refractivity contribution is -0.123. The minimum Gasteiger partial charge on any atom is -0.343 e. The molecule has 3 rings (SSSR count). The molecule has 0 aliphatic carbocycles. The second kappa shape index (κ2) is 10.7. The summed E-state index contributed by atoms with van der Waals surface area (Å²) in [6, 6.07) is 21.5. The quantitative estimate of drug-likeness (QED) is 0.547. The van der Waals surface area contributed by atoms with Gasteiger partial charge in [-0.05, 0) is 42.1 Å². The van der Waals surface area contributed by atoms with Gasteiger partial charge >= 0.3 is 0 Å². The fourth-order valence-corrected chi connectivity index (χ4v) is 4.12. The maximum Gasteiger partial charge on any atom is 0.238 e. The summed E-state index contributed by atoms with van der Waals surface area (Å²) in [5.74, 6) is -0.259. The van der Waals surface area contributed by atoms with Crippen LogP contribution in [-0.2, 0) is 16.0 Å². The number of nitrogens with zero attached hydrogens (tertiary/aromatic N) is 1. The zero-order valence-corrected chi connectivity index (χ0v) is 18.1. The Balaban J connectivity index is 1.57. The zero-order valence-electron chi connectivity index (χ0n) is 17.3. The Labute approximate surface area is 181 Å². The van der Waals surface area contributed by atoms with Crippen molar-refractivity contribution in [2.45, 2.75) is 19.4 Å². The molecule has 5 nitrogen and oxygen atoms in total. The molecule has 30 heavy (non-hydrogen) atoms. The molecule has 6 heteroatoms. The molecule has 156 valence electrons. The molecule has 0 bridgehead atoms. The van der Waals surface area contributed by atoms with Crippen molar-refractivity contribution in [3.63, 3.8) is 0 Å². The highest BCUT2D eigenvalue weighted by atomic mass is 32.1. The summed E-state index contributed by atoms with van der Waals surface area (Å²) in [6.07, 6.45) is 0.846. The summed E-state index contributed by atoms with van der Waals surface area (Å²) in [4.78, 5) is 27.9. The highest BCUT2D eigenvalue weighted by Crippen LogP contribution is 2.25. The van der Waals surface area contributed by atoms with Gasteiger partial charge in [0.25, 0.3) is 0 Å². The Morgan fingerprint density at radius 2 is 1.63 bits per heavy atom. The van der Waals surface area contributed by atoms with Crippen molar-refractivity contribution in [1.29, 1.82) is 0 Å². The number of carbonyl (C=O) groups excluding carboxylic acids is 2. The average Bonchev–Trinajstić information content (AvgIpc) is 3.27. The van der Waals surface area contributed by atoms with E-state index in [4.69, 9.17) is 0 Å². The van der Waals surface area contributed by atoms with Crippen LogP contribution in [0.5, 0.6) is 0 Å². The van der Waals surface area contributed by atoms with Gasteiger partial charge in [0.15, 0.2) is 0 Å². The summed E-state index contributed by atoms with van der Waals surface area (Å²) in [7, 11) is 1.77. The van der Waals surface area contributed by atoms with Crippen LogP contribution in [0.2, 0.25) is 0 Å². The Kier molecular flexibility index (Phi) is 7.76. The first-order valence-corrected chi connectivity index (χ1v) is 10.9. The molecule has 0 aliphatic rings. The van der Waals surface area contributed by atoms with Crippen molar-refractivity contribution in [2.24, 2.45) is 0 Å². The van der Waals surface area contributed by atoms with Gasteiger partial charge in [-0.3, -0.25) is 14.5 Å². The number of likely N-dealkylation sites (N-methyl/N-ethyl adjacent to an activating group) is 1. The molecular formula is C24H27N3O2S. The molecule has 0 spiro atoms. The molecule has 0 radical (unpaired) electrons. The highest BCUT2D eigenvalue weighted by molar-refractivity contribution is 7.10. The van der Waals surface area contributed by atoms with Gasteiger partial charge in [-0.25, -0.2) is 0 Å². The molecule has 3 aromatic rings. The molecule has 1 atom stereocenters. The fourth-order valence-electron chi connectivity index (χ4n) is 3.31. The van der Waals surface area contributed by atoms with E-state index < -0.39 is 0 Å². The van der Waals surface area contributed by atoms with Gasteiger partial charge in [0.2, 0.25) is 11.8 Å². The van der Waals surface area contributed by atoms with E-state index in [9.17, 15) is 9.59 Å². The van der Waals surface area contributed by atoms with Gasteiger partial charge in [0.1, 0.15) is 0 Å². The van der Waals surface area contributed by atoms with E-state index in [1.807, 2.05) is 72.1 Å². The molecule has 2 aromatic carbocycles. The topological polar surface area (TPSA) is 61.4 Å². The molecule has 1 heterocycles. The largest absolute Gasteiger partial charge is 0.343 e. The zero-order chi connectivity index (χ0) is 21.3. The number of benzene rings is 2. The SMILES string of the molecule is CCc1ccccc1NC(=O)CN(C)CC(=O)N[C@@H](c1ccccc1)c1cccs1.